The van der Waals surface area contributed by atoms with Crippen molar-refractivity contribution in [2.24, 2.45) is 0 Å². The first-order valence-electron chi connectivity index (χ1n) is 11.3. The molecule has 0 radical (unpaired) electrons. The fourth-order valence-corrected chi connectivity index (χ4v) is 3.82. The van der Waals surface area contributed by atoms with E-state index in [-0.39, 0.29) is 0 Å². The van der Waals surface area contributed by atoms with Crippen molar-refractivity contribution >= 4 is 33.7 Å². The molecule has 0 spiro atoms. The van der Waals surface area contributed by atoms with Crippen molar-refractivity contribution in [2.75, 3.05) is 18.5 Å². The Labute approximate surface area is 196 Å². The van der Waals surface area contributed by atoms with Crippen LogP contribution in [0.5, 0.6) is 5.75 Å². The molecule has 6 heteroatoms. The molecule has 3 aromatic heterocycles. The van der Waals surface area contributed by atoms with E-state index in [1.165, 1.54) is 11.6 Å². The third-order valence-electron chi connectivity index (χ3n) is 5.52. The average molecular weight is 454 g/mol. The maximum atomic E-state index is 11.7. The van der Waals surface area contributed by atoms with Gasteiger partial charge in [-0.1, -0.05) is 42.5 Å². The second-order valence-electron chi connectivity index (χ2n) is 7.94. The molecule has 0 aliphatic heterocycles. The molecule has 0 atom stereocenters. The summed E-state index contributed by atoms with van der Waals surface area (Å²) in [5, 5.41) is 5.11. The van der Waals surface area contributed by atoms with E-state index in [9.17, 15) is 4.79 Å². The van der Waals surface area contributed by atoms with Gasteiger partial charge in [-0.15, -0.1) is 0 Å². The van der Waals surface area contributed by atoms with Crippen molar-refractivity contribution in [2.45, 2.75) is 13.0 Å². The van der Waals surface area contributed by atoms with Gasteiger partial charge >= 0.3 is 5.63 Å². The molecular weight excluding hydrogens is 428 g/mol. The van der Waals surface area contributed by atoms with E-state index < -0.39 is 5.63 Å². The zero-order valence-corrected chi connectivity index (χ0v) is 18.6. The minimum absolute atomic E-state index is 0.414. The van der Waals surface area contributed by atoms with E-state index in [0.717, 1.165) is 36.0 Å². The van der Waals surface area contributed by atoms with Gasteiger partial charge in [0.1, 0.15) is 0 Å². The Hall–Kier alpha value is -4.32. The quantitative estimate of drug-likeness (QED) is 0.183. The summed E-state index contributed by atoms with van der Waals surface area (Å²) in [5.41, 5.74) is 2.85. The van der Waals surface area contributed by atoms with Crippen molar-refractivity contribution in [3.8, 4) is 5.75 Å². The number of pyridine rings is 1. The first kappa shape index (κ1) is 21.5. The summed E-state index contributed by atoms with van der Waals surface area (Å²) < 4.78 is 19.1. The molecule has 0 unspecified atom stereocenters. The Kier molecular flexibility index (Phi) is 6.38. The summed E-state index contributed by atoms with van der Waals surface area (Å²) in [6.45, 7) is 2.02. The molecule has 3 heterocycles. The smallest absolute Gasteiger partial charge is 0.336 e. The minimum Gasteiger partial charge on any atom is -0.486 e. The van der Waals surface area contributed by atoms with Crippen LogP contribution >= 0.6 is 0 Å². The molecule has 0 saturated heterocycles. The molecule has 1 N–H and O–H groups in total. The largest absolute Gasteiger partial charge is 0.486 e. The summed E-state index contributed by atoms with van der Waals surface area (Å²) in [6.07, 6.45) is 10.7. The summed E-state index contributed by atoms with van der Waals surface area (Å²) >= 11 is 0. The van der Waals surface area contributed by atoms with Gasteiger partial charge < -0.3 is 18.9 Å². The zero-order valence-electron chi connectivity index (χ0n) is 18.6. The van der Waals surface area contributed by atoms with Crippen LogP contribution < -0.4 is 20.2 Å². The number of nitrogens with one attached hydrogen (secondary N) is 1. The highest BCUT2D eigenvalue weighted by molar-refractivity contribution is 5.99. The highest BCUT2D eigenvalue weighted by Crippen LogP contribution is 2.34. The molecule has 6 nitrogen and oxygen atoms in total. The number of ether oxygens (including phenoxy) is 1. The molecule has 0 saturated carbocycles. The second-order valence-corrected chi connectivity index (χ2v) is 7.94. The van der Waals surface area contributed by atoms with Gasteiger partial charge in [0.25, 0.3) is 0 Å². The third kappa shape index (κ3) is 5.02. The molecule has 0 bridgehead atoms. The van der Waals surface area contributed by atoms with Crippen molar-refractivity contribution in [3.63, 3.8) is 0 Å². The van der Waals surface area contributed by atoms with E-state index >= 15 is 0 Å². The van der Waals surface area contributed by atoms with Gasteiger partial charge in [-0.3, -0.25) is 0 Å². The van der Waals surface area contributed by atoms with Gasteiger partial charge in [0.2, 0.25) is 5.75 Å². The lowest BCUT2D eigenvalue weighted by Gasteiger charge is -2.08. The number of hydrogen-bond donors (Lipinski definition) is 1. The average Bonchev–Trinajstić information content (AvgIpc) is 3.34. The molecule has 5 rings (SSSR count). The number of benzene rings is 2. The topological polar surface area (TPSA) is 68.5 Å². The summed E-state index contributed by atoms with van der Waals surface area (Å²) in [4.78, 5) is 11.7. The van der Waals surface area contributed by atoms with E-state index in [2.05, 4.69) is 46.3 Å². The molecule has 5 aromatic rings. The predicted molar refractivity (Wildman–Crippen MR) is 133 cm³/mol. The lowest BCUT2D eigenvalue weighted by Crippen LogP contribution is -2.33. The van der Waals surface area contributed by atoms with Crippen LogP contribution in [0.2, 0.25) is 0 Å². The Bertz CT molecular complexity index is 1470. The van der Waals surface area contributed by atoms with E-state index in [4.69, 9.17) is 13.6 Å². The number of furan rings is 1. The summed E-state index contributed by atoms with van der Waals surface area (Å²) in [6, 6.07) is 21.3. The van der Waals surface area contributed by atoms with Crippen molar-refractivity contribution in [3.05, 3.63) is 107 Å². The molecular formula is C28H25N2O4+. The lowest BCUT2D eigenvalue weighted by atomic mass is 10.1. The Morgan fingerprint density at radius 2 is 1.76 bits per heavy atom. The number of hydrogen-bond acceptors (Lipinski definition) is 5. The monoisotopic (exact) mass is 453 g/mol. The molecule has 0 amide bonds. The first-order chi connectivity index (χ1) is 16.8. The number of nitrogens with zero attached hydrogens (tertiary/aromatic N) is 1. The van der Waals surface area contributed by atoms with Gasteiger partial charge in [-0.25, -0.2) is 9.36 Å². The Morgan fingerprint density at radius 1 is 0.941 bits per heavy atom. The number of anilines is 1. The van der Waals surface area contributed by atoms with E-state index in [1.54, 1.807) is 12.3 Å². The maximum Gasteiger partial charge on any atom is 0.336 e. The zero-order chi connectivity index (χ0) is 23.2. The lowest BCUT2D eigenvalue weighted by molar-refractivity contribution is -0.697. The van der Waals surface area contributed by atoms with E-state index in [0.29, 0.717) is 23.5 Å². The Morgan fingerprint density at radius 3 is 2.62 bits per heavy atom. The standard InChI is InChI=1S/C28H24N2O4/c31-25-10-9-22-20-23-13-19-33-26(23)28(27(22)34-25)32-18-5-15-30-16-11-24(12-17-30)29-14-4-8-21-6-2-1-3-7-21/h1-4,6-13,16-17,19-20H,5,14-15,18H2/p+1/b8-4+. The maximum absolute atomic E-state index is 11.7. The van der Waals surface area contributed by atoms with Gasteiger partial charge in [0.15, 0.2) is 30.1 Å². The third-order valence-corrected chi connectivity index (χ3v) is 5.52. The van der Waals surface area contributed by atoms with Crippen LogP contribution in [-0.4, -0.2) is 13.2 Å². The van der Waals surface area contributed by atoms with Crippen LogP contribution in [0.15, 0.2) is 105 Å². The van der Waals surface area contributed by atoms with Gasteiger partial charge in [-0.05, 0) is 23.8 Å². The van der Waals surface area contributed by atoms with E-state index in [1.807, 2.05) is 42.7 Å². The summed E-state index contributed by atoms with van der Waals surface area (Å²) in [5.74, 6) is 0.475. The molecule has 170 valence electrons. The van der Waals surface area contributed by atoms with Crippen LogP contribution in [-0.2, 0) is 6.54 Å². The normalized spacial score (nSPS) is 11.4. The summed E-state index contributed by atoms with van der Waals surface area (Å²) in [7, 11) is 0. The molecule has 0 aliphatic carbocycles. The fraction of sp³-hybridized carbons (Fsp3) is 0.143. The predicted octanol–water partition coefficient (Wildman–Crippen LogP) is 5.42. The second kappa shape index (κ2) is 10.1. The van der Waals surface area contributed by atoms with Gasteiger partial charge in [0, 0.05) is 47.6 Å². The highest BCUT2D eigenvalue weighted by atomic mass is 16.5. The number of fused-ring (bicyclic) bond motifs is 2. The van der Waals surface area contributed by atoms with Gasteiger partial charge in [-0.2, -0.15) is 0 Å². The van der Waals surface area contributed by atoms with Crippen LogP contribution in [0.4, 0.5) is 5.69 Å². The highest BCUT2D eigenvalue weighted by Gasteiger charge is 2.15. The molecule has 0 aliphatic rings. The van der Waals surface area contributed by atoms with Gasteiger partial charge in [0.05, 0.1) is 12.9 Å². The minimum atomic E-state index is -0.414. The molecule has 0 fully saturated rings. The van der Waals surface area contributed by atoms with Crippen LogP contribution in [0, 0.1) is 0 Å². The van der Waals surface area contributed by atoms with Crippen LogP contribution in [0.25, 0.3) is 28.0 Å². The number of aromatic nitrogens is 1. The first-order valence-corrected chi connectivity index (χ1v) is 11.3. The molecule has 2 aromatic carbocycles. The van der Waals surface area contributed by atoms with Crippen molar-refractivity contribution in [1.29, 1.82) is 0 Å². The van der Waals surface area contributed by atoms with Crippen LogP contribution in [0.3, 0.4) is 0 Å². The SMILES string of the molecule is O=c1ccc2cc3ccoc3c(OCCC[n+]3ccc(NC/C=C/c4ccccc4)cc3)c2o1. The van der Waals surface area contributed by atoms with Crippen LogP contribution in [0.1, 0.15) is 12.0 Å². The number of rotatable bonds is 9. The fourth-order valence-electron chi connectivity index (χ4n) is 3.82. The van der Waals surface area contributed by atoms with Crippen molar-refractivity contribution < 1.29 is 18.1 Å². The number of aryl methyl sites for hydroxylation is 1. The van der Waals surface area contributed by atoms with Crippen molar-refractivity contribution in [1.82, 2.24) is 0 Å². The molecule has 34 heavy (non-hydrogen) atoms. The Balaban J connectivity index is 1.15.